The second-order valence-electron chi connectivity index (χ2n) is 6.16. The highest BCUT2D eigenvalue weighted by molar-refractivity contribution is 7.13. The Balaban J connectivity index is 1.37. The lowest BCUT2D eigenvalue weighted by Crippen LogP contribution is -2.37. The van der Waals surface area contributed by atoms with E-state index in [-0.39, 0.29) is 5.91 Å². The normalized spacial score (nSPS) is 12.6. The van der Waals surface area contributed by atoms with Crippen LogP contribution < -0.4 is 10.6 Å². The van der Waals surface area contributed by atoms with E-state index in [1.807, 2.05) is 0 Å². The molecule has 0 saturated heterocycles. The number of thiazole rings is 1. The van der Waals surface area contributed by atoms with Crippen molar-refractivity contribution in [2.45, 2.75) is 0 Å². The average molecular weight is 406 g/mol. The summed E-state index contributed by atoms with van der Waals surface area (Å²) in [6, 6.07) is 12.7. The summed E-state index contributed by atoms with van der Waals surface area (Å²) in [5, 5.41) is 7.53. The van der Waals surface area contributed by atoms with Gasteiger partial charge in [0.1, 0.15) is 6.54 Å². The standard InChI is InChI=1S/C20H14N4O4S/c25-16(11-24-18(27)14-3-1-2-4-15(14)19(24)28)22-13-7-5-12(6-8-13)17(26)23-20-21-9-10-29-20/h1-10H,11H2,(H,22,25)(H,21,23,26). The number of fused-ring (bicyclic) bond motifs is 1. The summed E-state index contributed by atoms with van der Waals surface area (Å²) in [4.78, 5) is 54.0. The van der Waals surface area contributed by atoms with E-state index in [1.54, 1.807) is 60.1 Å². The van der Waals surface area contributed by atoms with E-state index in [9.17, 15) is 19.2 Å². The zero-order chi connectivity index (χ0) is 20.4. The first-order chi connectivity index (χ1) is 14.0. The van der Waals surface area contributed by atoms with Gasteiger partial charge in [0.25, 0.3) is 17.7 Å². The van der Waals surface area contributed by atoms with Crippen LogP contribution in [0.1, 0.15) is 31.1 Å². The maximum absolute atomic E-state index is 12.3. The fourth-order valence-corrected chi connectivity index (χ4v) is 3.41. The number of aromatic nitrogens is 1. The third-order valence-corrected chi connectivity index (χ3v) is 4.95. The molecule has 0 bridgehead atoms. The quantitative estimate of drug-likeness (QED) is 0.633. The van der Waals surface area contributed by atoms with Crippen LogP contribution in [-0.4, -0.2) is 40.1 Å². The van der Waals surface area contributed by atoms with Crippen molar-refractivity contribution in [3.8, 4) is 0 Å². The first-order valence-corrected chi connectivity index (χ1v) is 9.47. The topological polar surface area (TPSA) is 108 Å². The van der Waals surface area contributed by atoms with Crippen LogP contribution >= 0.6 is 11.3 Å². The monoisotopic (exact) mass is 406 g/mol. The lowest BCUT2D eigenvalue weighted by atomic mass is 10.1. The van der Waals surface area contributed by atoms with Crippen LogP contribution in [0.3, 0.4) is 0 Å². The lowest BCUT2D eigenvalue weighted by Gasteiger charge is -2.13. The Kier molecular flexibility index (Phi) is 4.88. The van der Waals surface area contributed by atoms with Crippen LogP contribution in [0, 0.1) is 0 Å². The van der Waals surface area contributed by atoms with Crippen molar-refractivity contribution in [1.82, 2.24) is 9.88 Å². The third-order valence-electron chi connectivity index (χ3n) is 4.26. The fraction of sp³-hybridized carbons (Fsp3) is 0.0500. The van der Waals surface area contributed by atoms with Gasteiger partial charge in [-0.1, -0.05) is 12.1 Å². The van der Waals surface area contributed by atoms with Gasteiger partial charge in [-0.2, -0.15) is 0 Å². The van der Waals surface area contributed by atoms with Crippen molar-refractivity contribution in [2.75, 3.05) is 17.2 Å². The van der Waals surface area contributed by atoms with E-state index >= 15 is 0 Å². The molecule has 8 nitrogen and oxygen atoms in total. The van der Waals surface area contributed by atoms with E-state index in [0.717, 1.165) is 4.90 Å². The molecular weight excluding hydrogens is 392 g/mol. The molecule has 29 heavy (non-hydrogen) atoms. The molecule has 0 fully saturated rings. The van der Waals surface area contributed by atoms with Crippen molar-refractivity contribution in [3.05, 3.63) is 76.8 Å². The second-order valence-corrected chi connectivity index (χ2v) is 7.05. The molecule has 0 spiro atoms. The number of amides is 4. The van der Waals surface area contributed by atoms with Crippen molar-refractivity contribution in [2.24, 2.45) is 0 Å². The summed E-state index contributed by atoms with van der Waals surface area (Å²) < 4.78 is 0. The number of imide groups is 1. The zero-order valence-electron chi connectivity index (χ0n) is 14.9. The summed E-state index contributed by atoms with van der Waals surface area (Å²) in [7, 11) is 0. The first-order valence-electron chi connectivity index (χ1n) is 8.59. The van der Waals surface area contributed by atoms with Gasteiger partial charge >= 0.3 is 0 Å². The van der Waals surface area contributed by atoms with Gasteiger partial charge in [0, 0.05) is 22.8 Å². The molecule has 4 rings (SSSR count). The summed E-state index contributed by atoms with van der Waals surface area (Å²) in [6.45, 7) is -0.390. The van der Waals surface area contributed by atoms with Gasteiger partial charge in [0.05, 0.1) is 11.1 Å². The third kappa shape index (κ3) is 3.76. The number of anilines is 2. The van der Waals surface area contributed by atoms with E-state index in [0.29, 0.717) is 27.5 Å². The molecule has 1 aliphatic rings. The minimum absolute atomic E-state index is 0.292. The number of nitrogens with one attached hydrogen (secondary N) is 2. The summed E-state index contributed by atoms with van der Waals surface area (Å²) >= 11 is 1.31. The average Bonchev–Trinajstić information content (AvgIpc) is 3.31. The maximum Gasteiger partial charge on any atom is 0.262 e. The van der Waals surface area contributed by atoms with Crippen molar-refractivity contribution < 1.29 is 19.2 Å². The Labute approximate surface area is 169 Å². The molecule has 2 N–H and O–H groups in total. The molecule has 1 aliphatic heterocycles. The molecule has 2 aromatic carbocycles. The molecule has 0 unspecified atom stereocenters. The van der Waals surface area contributed by atoms with Crippen LogP contribution in [0.15, 0.2) is 60.1 Å². The molecule has 1 aromatic heterocycles. The van der Waals surface area contributed by atoms with Crippen LogP contribution in [0.2, 0.25) is 0 Å². The SMILES string of the molecule is O=C(CN1C(=O)c2ccccc2C1=O)Nc1ccc(C(=O)Nc2nccs2)cc1. The van der Waals surface area contributed by atoms with Crippen LogP contribution in [-0.2, 0) is 4.79 Å². The fourth-order valence-electron chi connectivity index (χ4n) is 2.89. The summed E-state index contributed by atoms with van der Waals surface area (Å²) in [5.41, 5.74) is 1.43. The van der Waals surface area contributed by atoms with Gasteiger partial charge in [-0.3, -0.25) is 29.4 Å². The minimum Gasteiger partial charge on any atom is -0.325 e. The molecule has 0 aliphatic carbocycles. The number of hydrogen-bond donors (Lipinski definition) is 2. The van der Waals surface area contributed by atoms with Gasteiger partial charge < -0.3 is 5.32 Å². The Morgan fingerprint density at radius 1 is 0.931 bits per heavy atom. The first kappa shape index (κ1) is 18.5. The van der Waals surface area contributed by atoms with Gasteiger partial charge in [0.15, 0.2) is 5.13 Å². The minimum atomic E-state index is -0.514. The van der Waals surface area contributed by atoms with E-state index < -0.39 is 24.3 Å². The Morgan fingerprint density at radius 2 is 1.59 bits per heavy atom. The highest BCUT2D eigenvalue weighted by atomic mass is 32.1. The number of benzene rings is 2. The Bertz CT molecular complexity index is 1070. The van der Waals surface area contributed by atoms with Crippen molar-refractivity contribution in [1.29, 1.82) is 0 Å². The van der Waals surface area contributed by atoms with Gasteiger partial charge in [0.2, 0.25) is 5.91 Å². The molecule has 3 aromatic rings. The largest absolute Gasteiger partial charge is 0.325 e. The molecule has 144 valence electrons. The Hall–Kier alpha value is -3.85. The van der Waals surface area contributed by atoms with Gasteiger partial charge in [-0.15, -0.1) is 11.3 Å². The number of carbonyl (C=O) groups excluding carboxylic acids is 4. The highest BCUT2D eigenvalue weighted by Crippen LogP contribution is 2.22. The van der Waals surface area contributed by atoms with Gasteiger partial charge in [-0.25, -0.2) is 4.98 Å². The maximum atomic E-state index is 12.3. The highest BCUT2D eigenvalue weighted by Gasteiger charge is 2.36. The van der Waals surface area contributed by atoms with E-state index in [2.05, 4.69) is 15.6 Å². The number of nitrogens with zero attached hydrogens (tertiary/aromatic N) is 2. The number of carbonyl (C=O) groups is 4. The summed E-state index contributed by atoms with van der Waals surface area (Å²) in [6.07, 6.45) is 1.59. The molecule has 9 heteroatoms. The van der Waals surface area contributed by atoms with Crippen LogP contribution in [0.4, 0.5) is 10.8 Å². The zero-order valence-corrected chi connectivity index (χ0v) is 15.7. The summed E-state index contributed by atoms with van der Waals surface area (Å²) in [5.74, 6) is -1.81. The van der Waals surface area contributed by atoms with Crippen molar-refractivity contribution in [3.63, 3.8) is 0 Å². The molecule has 0 radical (unpaired) electrons. The molecule has 0 atom stereocenters. The predicted octanol–water partition coefficient (Wildman–Crippen LogP) is 2.63. The Morgan fingerprint density at radius 3 is 2.17 bits per heavy atom. The van der Waals surface area contributed by atoms with E-state index in [1.165, 1.54) is 11.3 Å². The second kappa shape index (κ2) is 7.64. The molecule has 2 heterocycles. The molecule has 0 saturated carbocycles. The van der Waals surface area contributed by atoms with Gasteiger partial charge in [-0.05, 0) is 36.4 Å². The molecular formula is C20H14N4O4S. The van der Waals surface area contributed by atoms with Crippen LogP contribution in [0.25, 0.3) is 0 Å². The smallest absolute Gasteiger partial charge is 0.262 e. The van der Waals surface area contributed by atoms with Crippen LogP contribution in [0.5, 0.6) is 0 Å². The lowest BCUT2D eigenvalue weighted by molar-refractivity contribution is -0.116. The number of rotatable bonds is 5. The molecule has 4 amide bonds. The van der Waals surface area contributed by atoms with E-state index in [4.69, 9.17) is 0 Å². The van der Waals surface area contributed by atoms with Crippen molar-refractivity contribution >= 4 is 45.8 Å². The predicted molar refractivity (Wildman–Crippen MR) is 107 cm³/mol. The number of hydrogen-bond acceptors (Lipinski definition) is 6.